The van der Waals surface area contributed by atoms with Gasteiger partial charge in [0.05, 0.1) is 10.8 Å². The van der Waals surface area contributed by atoms with E-state index in [1.807, 2.05) is 20.8 Å². The Balaban J connectivity index is 3.02. The van der Waals surface area contributed by atoms with E-state index >= 15 is 0 Å². The smallest absolute Gasteiger partial charge is 0.330 e. The predicted molar refractivity (Wildman–Crippen MR) is 75.1 cm³/mol. The van der Waals surface area contributed by atoms with E-state index < -0.39 is 22.2 Å². The van der Waals surface area contributed by atoms with Crippen molar-refractivity contribution in [1.29, 1.82) is 0 Å². The number of nitrogens with two attached hydrogens (primary N) is 1. The normalized spacial score (nSPS) is 15.9. The molecule has 20 heavy (non-hydrogen) atoms. The van der Waals surface area contributed by atoms with Crippen molar-refractivity contribution in [1.82, 2.24) is 0 Å². The van der Waals surface area contributed by atoms with Crippen LogP contribution in [0, 0.1) is 0 Å². The third kappa shape index (κ3) is 4.31. The average Bonchev–Trinajstić information content (AvgIpc) is 2.33. The van der Waals surface area contributed by atoms with Crippen molar-refractivity contribution < 1.29 is 17.4 Å². The van der Waals surface area contributed by atoms with Crippen LogP contribution in [-0.4, -0.2) is 22.2 Å². The first-order valence-electron chi connectivity index (χ1n) is 6.35. The highest BCUT2D eigenvalue weighted by Crippen LogP contribution is 2.31. The quantitative estimate of drug-likeness (QED) is 0.927. The molecule has 0 aliphatic heterocycles. The number of halogens is 3. The van der Waals surface area contributed by atoms with Gasteiger partial charge in [-0.25, -0.2) is 0 Å². The van der Waals surface area contributed by atoms with Crippen LogP contribution in [-0.2, 0) is 16.2 Å². The fourth-order valence-electron chi connectivity index (χ4n) is 1.80. The van der Waals surface area contributed by atoms with Crippen molar-refractivity contribution in [3.63, 3.8) is 0 Å². The van der Waals surface area contributed by atoms with Gasteiger partial charge in [-0.05, 0) is 36.1 Å². The van der Waals surface area contributed by atoms with Crippen LogP contribution in [0.2, 0.25) is 0 Å². The van der Waals surface area contributed by atoms with Crippen LogP contribution < -0.4 is 5.73 Å². The molecule has 1 aromatic carbocycles. The molecule has 0 saturated heterocycles. The molecule has 114 valence electrons. The Bertz CT molecular complexity index is 463. The van der Waals surface area contributed by atoms with Crippen LogP contribution in [0.5, 0.6) is 0 Å². The van der Waals surface area contributed by atoms with E-state index in [-0.39, 0.29) is 23.3 Å². The highest BCUT2D eigenvalue weighted by Gasteiger charge is 2.43. The summed E-state index contributed by atoms with van der Waals surface area (Å²) < 4.78 is 50.7. The molecule has 1 aromatic rings. The zero-order valence-corrected chi connectivity index (χ0v) is 12.6. The van der Waals surface area contributed by atoms with Crippen molar-refractivity contribution >= 4 is 10.8 Å². The summed E-state index contributed by atoms with van der Waals surface area (Å²) in [6, 6.07) is 6.46. The SMILES string of the molecule is CC(C)(C)c1ccc(S(=O)C(CCN)C(F)(F)F)cc1. The Morgan fingerprint density at radius 1 is 1.15 bits per heavy atom. The molecule has 2 N–H and O–H groups in total. The molecule has 2 unspecified atom stereocenters. The van der Waals surface area contributed by atoms with Crippen LogP contribution in [0.15, 0.2) is 29.2 Å². The molecule has 0 saturated carbocycles. The lowest BCUT2D eigenvalue weighted by Crippen LogP contribution is -2.35. The fraction of sp³-hybridized carbons (Fsp3) is 0.571. The summed E-state index contributed by atoms with van der Waals surface area (Å²) in [5.74, 6) is 0. The lowest BCUT2D eigenvalue weighted by Gasteiger charge is -2.21. The first kappa shape index (κ1) is 17.2. The monoisotopic (exact) mass is 307 g/mol. The maximum Gasteiger partial charge on any atom is 0.403 e. The van der Waals surface area contributed by atoms with E-state index in [1.54, 1.807) is 12.1 Å². The zero-order chi connectivity index (χ0) is 15.6. The van der Waals surface area contributed by atoms with Crippen LogP contribution in [0.3, 0.4) is 0 Å². The van der Waals surface area contributed by atoms with Gasteiger partial charge in [-0.3, -0.25) is 4.21 Å². The Labute approximate surface area is 120 Å². The van der Waals surface area contributed by atoms with Crippen LogP contribution in [0.25, 0.3) is 0 Å². The maximum atomic E-state index is 12.9. The molecular formula is C14H20F3NOS. The van der Waals surface area contributed by atoms with Gasteiger partial charge in [0.15, 0.2) is 0 Å². The Kier molecular flexibility index (Phi) is 5.38. The van der Waals surface area contributed by atoms with Gasteiger partial charge >= 0.3 is 6.18 Å². The van der Waals surface area contributed by atoms with Crippen molar-refractivity contribution in [2.45, 2.75) is 48.9 Å². The second kappa shape index (κ2) is 6.26. The molecule has 1 rings (SSSR count). The molecule has 0 spiro atoms. The molecule has 2 atom stereocenters. The Morgan fingerprint density at radius 3 is 2.00 bits per heavy atom. The standard InChI is InChI=1S/C14H20F3NOS/c1-13(2,3)10-4-6-11(7-5-10)20(19)12(8-9-18)14(15,16)17/h4-7,12H,8-9,18H2,1-3H3. The van der Waals surface area contributed by atoms with Crippen LogP contribution >= 0.6 is 0 Å². The van der Waals surface area contributed by atoms with E-state index in [2.05, 4.69) is 0 Å². The first-order valence-corrected chi connectivity index (χ1v) is 7.56. The number of hydrogen-bond donors (Lipinski definition) is 1. The summed E-state index contributed by atoms with van der Waals surface area (Å²) in [7, 11) is -2.13. The van der Waals surface area contributed by atoms with Crippen molar-refractivity contribution in [2.75, 3.05) is 6.54 Å². The summed E-state index contributed by atoms with van der Waals surface area (Å²) in [6.45, 7) is 5.87. The first-order chi connectivity index (χ1) is 9.07. The molecule has 0 bridgehead atoms. The van der Waals surface area contributed by atoms with Gasteiger partial charge in [0.1, 0.15) is 5.25 Å². The second-order valence-electron chi connectivity index (χ2n) is 5.68. The van der Waals surface area contributed by atoms with E-state index in [1.165, 1.54) is 12.1 Å². The predicted octanol–water partition coefficient (Wildman–Crippen LogP) is 3.37. The maximum absolute atomic E-state index is 12.9. The van der Waals surface area contributed by atoms with E-state index in [9.17, 15) is 17.4 Å². The highest BCUT2D eigenvalue weighted by molar-refractivity contribution is 7.85. The molecule has 0 aromatic heterocycles. The molecule has 0 radical (unpaired) electrons. The number of rotatable bonds is 4. The minimum Gasteiger partial charge on any atom is -0.330 e. The lowest BCUT2D eigenvalue weighted by molar-refractivity contribution is -0.130. The van der Waals surface area contributed by atoms with Gasteiger partial charge in [-0.2, -0.15) is 13.2 Å². The van der Waals surface area contributed by atoms with Crippen LogP contribution in [0.4, 0.5) is 13.2 Å². The summed E-state index contributed by atoms with van der Waals surface area (Å²) in [6.07, 6.45) is -4.84. The summed E-state index contributed by atoms with van der Waals surface area (Å²) in [5.41, 5.74) is 6.08. The fourth-order valence-corrected chi connectivity index (χ4v) is 3.12. The largest absolute Gasteiger partial charge is 0.403 e. The van der Waals surface area contributed by atoms with E-state index in [4.69, 9.17) is 5.73 Å². The summed E-state index contributed by atoms with van der Waals surface area (Å²) in [4.78, 5) is 0.189. The molecule has 0 fully saturated rings. The molecule has 2 nitrogen and oxygen atoms in total. The molecule has 0 heterocycles. The lowest BCUT2D eigenvalue weighted by atomic mass is 9.87. The van der Waals surface area contributed by atoms with E-state index in [0.717, 1.165) is 5.56 Å². The Hall–Kier alpha value is -0.880. The minimum absolute atomic E-state index is 0.0965. The Morgan fingerprint density at radius 2 is 1.65 bits per heavy atom. The van der Waals surface area contributed by atoms with E-state index in [0.29, 0.717) is 0 Å². The summed E-state index contributed by atoms with van der Waals surface area (Å²) in [5, 5.41) is -1.91. The topological polar surface area (TPSA) is 43.1 Å². The zero-order valence-electron chi connectivity index (χ0n) is 11.8. The molecule has 6 heteroatoms. The van der Waals surface area contributed by atoms with Gasteiger partial charge in [-0.1, -0.05) is 32.9 Å². The van der Waals surface area contributed by atoms with Crippen molar-refractivity contribution in [3.05, 3.63) is 29.8 Å². The summed E-state index contributed by atoms with van der Waals surface area (Å²) >= 11 is 0. The second-order valence-corrected chi connectivity index (χ2v) is 7.31. The number of alkyl halides is 3. The van der Waals surface area contributed by atoms with Gasteiger partial charge in [-0.15, -0.1) is 0 Å². The molecular weight excluding hydrogens is 287 g/mol. The van der Waals surface area contributed by atoms with Crippen molar-refractivity contribution in [3.8, 4) is 0 Å². The molecule has 0 amide bonds. The third-order valence-corrected chi connectivity index (χ3v) is 4.76. The highest BCUT2D eigenvalue weighted by atomic mass is 32.2. The third-order valence-electron chi connectivity index (χ3n) is 3.01. The van der Waals surface area contributed by atoms with Gasteiger partial charge in [0.25, 0.3) is 0 Å². The van der Waals surface area contributed by atoms with Crippen molar-refractivity contribution in [2.24, 2.45) is 5.73 Å². The van der Waals surface area contributed by atoms with Gasteiger partial charge < -0.3 is 5.73 Å². The van der Waals surface area contributed by atoms with Gasteiger partial charge in [0.2, 0.25) is 0 Å². The van der Waals surface area contributed by atoms with Crippen LogP contribution in [0.1, 0.15) is 32.8 Å². The minimum atomic E-state index is -4.51. The number of hydrogen-bond acceptors (Lipinski definition) is 2. The molecule has 0 aliphatic rings. The average molecular weight is 307 g/mol. The molecule has 0 aliphatic carbocycles. The van der Waals surface area contributed by atoms with Gasteiger partial charge in [0, 0.05) is 4.90 Å². The number of benzene rings is 1.